The summed E-state index contributed by atoms with van der Waals surface area (Å²) < 4.78 is 0. The van der Waals surface area contributed by atoms with Gasteiger partial charge in [0.25, 0.3) is 0 Å². The summed E-state index contributed by atoms with van der Waals surface area (Å²) in [5.74, 6) is 0.306. The molecule has 2 aromatic rings. The maximum Gasteiger partial charge on any atom is 0.166 e. The Bertz CT molecular complexity index is 604. The third-order valence-electron chi connectivity index (χ3n) is 3.64. The van der Waals surface area contributed by atoms with Gasteiger partial charge in [-0.1, -0.05) is 42.5 Å². The number of hydrogen-bond donors (Lipinski definition) is 1. The molecule has 1 aliphatic rings. The van der Waals surface area contributed by atoms with Gasteiger partial charge in [-0.2, -0.15) is 0 Å². The van der Waals surface area contributed by atoms with Crippen molar-refractivity contribution in [1.82, 2.24) is 0 Å². The molecular weight excluding hydrogens is 222 g/mol. The average molecular weight is 237 g/mol. The third kappa shape index (κ3) is 1.80. The Morgan fingerprint density at radius 2 is 1.78 bits per heavy atom. The minimum atomic E-state index is 0.0482. The second-order valence-corrected chi connectivity index (χ2v) is 4.83. The second-order valence-electron chi connectivity index (χ2n) is 4.83. The van der Waals surface area contributed by atoms with E-state index >= 15 is 0 Å². The number of nitrogens with two attached hydrogens (primary N) is 1. The lowest BCUT2D eigenvalue weighted by molar-refractivity contribution is 0.0936. The van der Waals surface area contributed by atoms with Crippen LogP contribution in [0, 0.1) is 5.92 Å². The van der Waals surface area contributed by atoms with Crippen molar-refractivity contribution in [2.24, 2.45) is 5.92 Å². The highest BCUT2D eigenvalue weighted by molar-refractivity contribution is 6.02. The molecule has 1 aliphatic carbocycles. The molecule has 90 valence electrons. The van der Waals surface area contributed by atoms with Crippen molar-refractivity contribution >= 4 is 11.5 Å². The predicted molar refractivity (Wildman–Crippen MR) is 72.5 cm³/mol. The van der Waals surface area contributed by atoms with Crippen molar-refractivity contribution in [2.45, 2.75) is 12.8 Å². The van der Waals surface area contributed by atoms with Crippen molar-refractivity contribution in [1.29, 1.82) is 0 Å². The highest BCUT2D eigenvalue weighted by Gasteiger charge is 2.30. The number of nitrogen functional groups attached to an aromatic ring is 1. The van der Waals surface area contributed by atoms with Gasteiger partial charge in [-0.05, 0) is 30.0 Å². The first-order valence-corrected chi connectivity index (χ1v) is 6.21. The Balaban J connectivity index is 1.86. The summed E-state index contributed by atoms with van der Waals surface area (Å²) in [6, 6.07) is 15.7. The molecule has 0 heterocycles. The first-order valence-electron chi connectivity index (χ1n) is 6.21. The standard InChI is InChI=1S/C16H15NO/c17-15-8-4-2-6-12(15)10-13-9-11-5-1-3-7-14(11)16(13)18/h1-8,13H,9-10,17H2. The van der Waals surface area contributed by atoms with E-state index in [1.807, 2.05) is 48.5 Å². The number of anilines is 1. The van der Waals surface area contributed by atoms with Crippen LogP contribution in [0.4, 0.5) is 5.69 Å². The van der Waals surface area contributed by atoms with E-state index in [-0.39, 0.29) is 11.7 Å². The predicted octanol–water partition coefficient (Wildman–Crippen LogP) is 2.87. The number of hydrogen-bond acceptors (Lipinski definition) is 2. The molecule has 3 rings (SSSR count). The summed E-state index contributed by atoms with van der Waals surface area (Å²) in [6.07, 6.45) is 1.57. The fraction of sp³-hybridized carbons (Fsp3) is 0.188. The largest absolute Gasteiger partial charge is 0.399 e. The van der Waals surface area contributed by atoms with E-state index in [9.17, 15) is 4.79 Å². The molecule has 0 saturated carbocycles. The van der Waals surface area contributed by atoms with Gasteiger partial charge in [0.15, 0.2) is 5.78 Å². The number of para-hydroxylation sites is 1. The molecule has 1 unspecified atom stereocenters. The lowest BCUT2D eigenvalue weighted by Crippen LogP contribution is -2.13. The number of Topliss-reactive ketones (excluding diaryl/α,β-unsaturated/α-hetero) is 1. The Morgan fingerprint density at radius 1 is 1.06 bits per heavy atom. The zero-order valence-electron chi connectivity index (χ0n) is 10.1. The Kier molecular flexibility index (Phi) is 2.63. The van der Waals surface area contributed by atoms with Gasteiger partial charge >= 0.3 is 0 Å². The maximum atomic E-state index is 12.3. The number of ketones is 1. The fourth-order valence-corrected chi connectivity index (χ4v) is 2.67. The van der Waals surface area contributed by atoms with Gasteiger partial charge < -0.3 is 5.73 Å². The summed E-state index contributed by atoms with van der Waals surface area (Å²) in [4.78, 5) is 12.3. The van der Waals surface area contributed by atoms with Gasteiger partial charge in [-0.15, -0.1) is 0 Å². The van der Waals surface area contributed by atoms with E-state index in [1.165, 1.54) is 5.56 Å². The van der Waals surface area contributed by atoms with E-state index in [2.05, 4.69) is 0 Å². The van der Waals surface area contributed by atoms with Crippen molar-refractivity contribution < 1.29 is 4.79 Å². The fourth-order valence-electron chi connectivity index (χ4n) is 2.67. The SMILES string of the molecule is Nc1ccccc1CC1Cc2ccccc2C1=O. The van der Waals surface area contributed by atoms with Gasteiger partial charge in [0.1, 0.15) is 0 Å². The lowest BCUT2D eigenvalue weighted by Gasteiger charge is -2.10. The van der Waals surface area contributed by atoms with Gasteiger partial charge in [-0.3, -0.25) is 4.79 Å². The average Bonchev–Trinajstić information content (AvgIpc) is 2.70. The van der Waals surface area contributed by atoms with Crippen LogP contribution in [0.15, 0.2) is 48.5 Å². The molecular formula is C16H15NO. The molecule has 2 aromatic carbocycles. The molecule has 18 heavy (non-hydrogen) atoms. The van der Waals surface area contributed by atoms with Gasteiger partial charge in [0, 0.05) is 17.2 Å². The molecule has 0 amide bonds. The number of benzene rings is 2. The summed E-state index contributed by atoms with van der Waals surface area (Å²) in [6.45, 7) is 0. The van der Waals surface area contributed by atoms with Crippen molar-refractivity contribution in [3.05, 3.63) is 65.2 Å². The number of fused-ring (bicyclic) bond motifs is 1. The maximum absolute atomic E-state index is 12.3. The van der Waals surface area contributed by atoms with Gasteiger partial charge in [0.2, 0.25) is 0 Å². The van der Waals surface area contributed by atoms with E-state index in [0.717, 1.165) is 29.7 Å². The molecule has 0 aromatic heterocycles. The minimum Gasteiger partial charge on any atom is -0.399 e. The molecule has 2 heteroatoms. The second kappa shape index (κ2) is 4.30. The molecule has 1 atom stereocenters. The lowest BCUT2D eigenvalue weighted by atomic mass is 9.95. The van der Waals surface area contributed by atoms with E-state index < -0.39 is 0 Å². The zero-order chi connectivity index (χ0) is 12.5. The van der Waals surface area contributed by atoms with Crippen LogP contribution in [-0.2, 0) is 12.8 Å². The van der Waals surface area contributed by atoms with E-state index in [4.69, 9.17) is 5.73 Å². The molecule has 2 N–H and O–H groups in total. The molecule has 0 saturated heterocycles. The van der Waals surface area contributed by atoms with Crippen molar-refractivity contribution in [3.8, 4) is 0 Å². The number of rotatable bonds is 2. The van der Waals surface area contributed by atoms with Crippen LogP contribution in [-0.4, -0.2) is 5.78 Å². The summed E-state index contributed by atoms with van der Waals surface area (Å²) in [7, 11) is 0. The van der Waals surface area contributed by atoms with Crippen LogP contribution in [0.25, 0.3) is 0 Å². The van der Waals surface area contributed by atoms with E-state index in [0.29, 0.717) is 0 Å². The van der Waals surface area contributed by atoms with E-state index in [1.54, 1.807) is 0 Å². The molecule has 0 spiro atoms. The zero-order valence-corrected chi connectivity index (χ0v) is 10.1. The van der Waals surface area contributed by atoms with Crippen LogP contribution in [0.2, 0.25) is 0 Å². The molecule has 2 nitrogen and oxygen atoms in total. The quantitative estimate of drug-likeness (QED) is 0.816. The number of carbonyl (C=O) groups excluding carboxylic acids is 1. The number of carbonyl (C=O) groups is 1. The topological polar surface area (TPSA) is 43.1 Å². The first-order chi connectivity index (χ1) is 8.75. The van der Waals surface area contributed by atoms with Crippen LogP contribution < -0.4 is 5.73 Å². The monoisotopic (exact) mass is 237 g/mol. The summed E-state index contributed by atoms with van der Waals surface area (Å²) in [5, 5.41) is 0. The normalized spacial score (nSPS) is 17.8. The Labute approximate surface area is 106 Å². The minimum absolute atomic E-state index is 0.0482. The van der Waals surface area contributed by atoms with Crippen molar-refractivity contribution in [2.75, 3.05) is 5.73 Å². The van der Waals surface area contributed by atoms with Crippen LogP contribution in [0.1, 0.15) is 21.5 Å². The summed E-state index contributed by atoms with van der Waals surface area (Å²) >= 11 is 0. The molecule has 0 radical (unpaired) electrons. The third-order valence-corrected chi connectivity index (χ3v) is 3.64. The first kappa shape index (κ1) is 11.0. The van der Waals surface area contributed by atoms with Gasteiger partial charge in [-0.25, -0.2) is 0 Å². The molecule has 0 bridgehead atoms. The highest BCUT2D eigenvalue weighted by Crippen LogP contribution is 2.30. The Hall–Kier alpha value is -2.09. The van der Waals surface area contributed by atoms with Gasteiger partial charge in [0.05, 0.1) is 0 Å². The van der Waals surface area contributed by atoms with Crippen LogP contribution in [0.5, 0.6) is 0 Å². The van der Waals surface area contributed by atoms with Crippen LogP contribution in [0.3, 0.4) is 0 Å². The Morgan fingerprint density at radius 3 is 2.56 bits per heavy atom. The highest BCUT2D eigenvalue weighted by atomic mass is 16.1. The van der Waals surface area contributed by atoms with Crippen LogP contribution >= 0.6 is 0 Å². The van der Waals surface area contributed by atoms with Crippen molar-refractivity contribution in [3.63, 3.8) is 0 Å². The molecule has 0 fully saturated rings. The smallest absolute Gasteiger partial charge is 0.166 e. The molecule has 0 aliphatic heterocycles. The summed E-state index contributed by atoms with van der Waals surface area (Å²) in [5.41, 5.74) is 9.84.